The quantitative estimate of drug-likeness (QED) is 0.550. The molecule has 0 spiro atoms. The van der Waals surface area contributed by atoms with Crippen molar-refractivity contribution in [1.82, 2.24) is 9.97 Å². The van der Waals surface area contributed by atoms with E-state index in [0.29, 0.717) is 6.42 Å². The number of hydrogen-bond donors (Lipinski definition) is 0. The van der Waals surface area contributed by atoms with Crippen molar-refractivity contribution in [2.75, 3.05) is 6.61 Å². The summed E-state index contributed by atoms with van der Waals surface area (Å²) in [6, 6.07) is 0. The highest BCUT2D eigenvalue weighted by atomic mass is 16.5. The molecule has 0 N–H and O–H groups in total. The molecule has 0 saturated heterocycles. The average Bonchev–Trinajstić information content (AvgIpc) is 2.28. The predicted octanol–water partition coefficient (Wildman–Crippen LogP) is 1.25. The van der Waals surface area contributed by atoms with Crippen LogP contribution in [0.15, 0.2) is 12.4 Å². The van der Waals surface area contributed by atoms with Crippen LogP contribution in [-0.4, -0.2) is 28.3 Å². The van der Waals surface area contributed by atoms with E-state index in [2.05, 4.69) is 9.97 Å². The second-order valence-electron chi connectivity index (χ2n) is 2.78. The van der Waals surface area contributed by atoms with Crippen LogP contribution >= 0.6 is 0 Å². The van der Waals surface area contributed by atoms with Gasteiger partial charge in [0.2, 0.25) is 0 Å². The van der Waals surface area contributed by atoms with Crippen LogP contribution in [0.4, 0.5) is 0 Å². The van der Waals surface area contributed by atoms with Gasteiger partial charge in [0.25, 0.3) is 0 Å². The number of Topliss-reactive ketones (excluding diaryl/α,β-unsaturated/α-hetero) is 1. The summed E-state index contributed by atoms with van der Waals surface area (Å²) in [5.74, 6) is -0.626. The molecule has 1 rings (SSSR count). The van der Waals surface area contributed by atoms with Crippen molar-refractivity contribution in [2.45, 2.75) is 20.3 Å². The third-order valence-corrected chi connectivity index (χ3v) is 1.74. The molecule has 15 heavy (non-hydrogen) atoms. The Kier molecular flexibility index (Phi) is 3.91. The lowest BCUT2D eigenvalue weighted by atomic mass is 10.2. The van der Waals surface area contributed by atoms with Crippen molar-refractivity contribution in [2.24, 2.45) is 0 Å². The highest BCUT2D eigenvalue weighted by Gasteiger charge is 2.10. The van der Waals surface area contributed by atoms with E-state index in [1.165, 1.54) is 12.4 Å². The van der Waals surface area contributed by atoms with Crippen LogP contribution in [0.3, 0.4) is 0 Å². The summed E-state index contributed by atoms with van der Waals surface area (Å²) in [4.78, 5) is 30.0. The zero-order valence-corrected chi connectivity index (χ0v) is 8.69. The Bertz CT molecular complexity index is 359. The van der Waals surface area contributed by atoms with Gasteiger partial charge in [-0.25, -0.2) is 14.8 Å². The number of aromatic nitrogens is 2. The number of ketones is 1. The molecule has 0 radical (unpaired) electrons. The lowest BCUT2D eigenvalue weighted by molar-refractivity contribution is 0.0518. The Balaban J connectivity index is 2.80. The van der Waals surface area contributed by atoms with Gasteiger partial charge in [0, 0.05) is 6.42 Å². The molecule has 0 aliphatic heterocycles. The summed E-state index contributed by atoms with van der Waals surface area (Å²) < 4.78 is 4.73. The summed E-state index contributed by atoms with van der Waals surface area (Å²) in [5, 5.41) is 0. The maximum atomic E-state index is 11.2. The summed E-state index contributed by atoms with van der Waals surface area (Å²) in [5.41, 5.74) is 0.384. The normalized spacial score (nSPS) is 9.73. The standard InChI is InChI=1S/C10H12N2O3/c1-3-9(13)7-5-12-8(6-11-7)10(14)15-4-2/h5-6H,3-4H2,1-2H3. The largest absolute Gasteiger partial charge is 0.461 e. The Morgan fingerprint density at radius 3 is 2.27 bits per heavy atom. The van der Waals surface area contributed by atoms with E-state index in [1.807, 2.05) is 0 Å². The number of carbonyl (C=O) groups is 2. The lowest BCUT2D eigenvalue weighted by Crippen LogP contribution is -2.09. The van der Waals surface area contributed by atoms with E-state index < -0.39 is 5.97 Å². The molecule has 80 valence electrons. The van der Waals surface area contributed by atoms with Crippen molar-refractivity contribution in [3.05, 3.63) is 23.8 Å². The molecule has 5 heteroatoms. The smallest absolute Gasteiger partial charge is 0.358 e. The van der Waals surface area contributed by atoms with E-state index in [1.54, 1.807) is 13.8 Å². The number of ether oxygens (including phenoxy) is 1. The molecule has 1 heterocycles. The van der Waals surface area contributed by atoms with Gasteiger partial charge >= 0.3 is 5.97 Å². The van der Waals surface area contributed by atoms with Crippen LogP contribution < -0.4 is 0 Å². The Labute approximate surface area is 87.5 Å². The minimum absolute atomic E-state index is 0.0992. The van der Waals surface area contributed by atoms with E-state index >= 15 is 0 Å². The second-order valence-corrected chi connectivity index (χ2v) is 2.78. The number of rotatable bonds is 4. The predicted molar refractivity (Wildman–Crippen MR) is 52.6 cm³/mol. The third-order valence-electron chi connectivity index (χ3n) is 1.74. The van der Waals surface area contributed by atoms with Crippen LogP contribution in [0, 0.1) is 0 Å². The van der Waals surface area contributed by atoms with Crippen LogP contribution in [0.25, 0.3) is 0 Å². The summed E-state index contributed by atoms with van der Waals surface area (Å²) in [7, 11) is 0. The van der Waals surface area contributed by atoms with Gasteiger partial charge in [0.1, 0.15) is 5.69 Å². The minimum atomic E-state index is -0.527. The Morgan fingerprint density at radius 1 is 1.20 bits per heavy atom. The van der Waals surface area contributed by atoms with Gasteiger partial charge in [-0.2, -0.15) is 0 Å². The van der Waals surface area contributed by atoms with Gasteiger partial charge in [-0.1, -0.05) is 6.92 Å². The first kappa shape index (κ1) is 11.3. The van der Waals surface area contributed by atoms with Gasteiger partial charge in [0.05, 0.1) is 19.0 Å². The van der Waals surface area contributed by atoms with Crippen LogP contribution in [-0.2, 0) is 4.74 Å². The average molecular weight is 208 g/mol. The summed E-state index contributed by atoms with van der Waals surface area (Å²) in [6.07, 6.45) is 2.91. The maximum absolute atomic E-state index is 11.2. The van der Waals surface area contributed by atoms with Crippen LogP contribution in [0.1, 0.15) is 41.2 Å². The second kappa shape index (κ2) is 5.19. The number of nitrogens with zero attached hydrogens (tertiary/aromatic N) is 2. The first-order valence-corrected chi connectivity index (χ1v) is 4.71. The molecule has 0 aliphatic carbocycles. The van der Waals surface area contributed by atoms with Crippen molar-refractivity contribution in [1.29, 1.82) is 0 Å². The number of hydrogen-bond acceptors (Lipinski definition) is 5. The minimum Gasteiger partial charge on any atom is -0.461 e. The Hall–Kier alpha value is -1.78. The topological polar surface area (TPSA) is 69.2 Å². The van der Waals surface area contributed by atoms with Crippen molar-refractivity contribution in [3.8, 4) is 0 Å². The molecule has 0 atom stereocenters. The summed E-state index contributed by atoms with van der Waals surface area (Å²) >= 11 is 0. The number of carbonyl (C=O) groups excluding carboxylic acids is 2. The van der Waals surface area contributed by atoms with Crippen LogP contribution in [0.2, 0.25) is 0 Å². The Morgan fingerprint density at radius 2 is 1.80 bits per heavy atom. The van der Waals surface area contributed by atoms with Gasteiger partial charge < -0.3 is 4.74 Å². The SMILES string of the molecule is CCOC(=O)c1cnc(C(=O)CC)cn1. The third kappa shape index (κ3) is 2.83. The van der Waals surface area contributed by atoms with E-state index in [-0.39, 0.29) is 23.8 Å². The molecule has 0 amide bonds. The monoisotopic (exact) mass is 208 g/mol. The van der Waals surface area contributed by atoms with Gasteiger partial charge in [-0.3, -0.25) is 4.79 Å². The molecule has 1 aromatic heterocycles. The fraction of sp³-hybridized carbons (Fsp3) is 0.400. The molecule has 0 aromatic carbocycles. The maximum Gasteiger partial charge on any atom is 0.358 e. The highest BCUT2D eigenvalue weighted by molar-refractivity contribution is 5.94. The highest BCUT2D eigenvalue weighted by Crippen LogP contribution is 2.00. The summed E-state index contributed by atoms with van der Waals surface area (Å²) in [6.45, 7) is 3.74. The van der Waals surface area contributed by atoms with Gasteiger partial charge in [-0.05, 0) is 6.92 Å². The van der Waals surface area contributed by atoms with Crippen molar-refractivity contribution < 1.29 is 14.3 Å². The van der Waals surface area contributed by atoms with E-state index in [9.17, 15) is 9.59 Å². The van der Waals surface area contributed by atoms with Crippen LogP contribution in [0.5, 0.6) is 0 Å². The fourth-order valence-corrected chi connectivity index (χ4v) is 0.964. The van der Waals surface area contributed by atoms with E-state index in [0.717, 1.165) is 0 Å². The molecule has 0 aliphatic rings. The van der Waals surface area contributed by atoms with Gasteiger partial charge in [-0.15, -0.1) is 0 Å². The lowest BCUT2D eigenvalue weighted by Gasteiger charge is -2.00. The molecule has 0 bridgehead atoms. The first-order valence-electron chi connectivity index (χ1n) is 4.71. The molecular formula is C10H12N2O3. The molecule has 1 aromatic rings. The zero-order valence-electron chi connectivity index (χ0n) is 8.69. The fourth-order valence-electron chi connectivity index (χ4n) is 0.964. The molecule has 5 nitrogen and oxygen atoms in total. The first-order chi connectivity index (χ1) is 7.19. The zero-order chi connectivity index (χ0) is 11.3. The van der Waals surface area contributed by atoms with Crippen molar-refractivity contribution in [3.63, 3.8) is 0 Å². The molecule has 0 unspecified atom stereocenters. The van der Waals surface area contributed by atoms with E-state index in [4.69, 9.17) is 4.74 Å². The van der Waals surface area contributed by atoms with Gasteiger partial charge in [0.15, 0.2) is 11.5 Å². The van der Waals surface area contributed by atoms with Crippen molar-refractivity contribution >= 4 is 11.8 Å². The number of esters is 1. The molecule has 0 saturated carbocycles. The molecular weight excluding hydrogens is 196 g/mol. The molecule has 0 fully saturated rings.